The van der Waals surface area contributed by atoms with E-state index in [0.29, 0.717) is 42.8 Å². The predicted molar refractivity (Wildman–Crippen MR) is 153 cm³/mol. The lowest BCUT2D eigenvalue weighted by Gasteiger charge is -2.33. The van der Waals surface area contributed by atoms with Crippen LogP contribution in [0.25, 0.3) is 0 Å². The standard InChI is InChI=1S/C28H37FN8O4/c1-6-22(11-29)37(28(40)34-25-10-23(21(12-30)13-31-25)32-19(3)17-41-5)27-18(2)9-20(24(16-38)33-27)14-36-8-7-35(4)15-26(36)39/h9-10,13,16,19,22H,6-8,11,14-15,17H2,1-5H3,(H2,31,32,34,40)/t19-,22?/m1/s1. The molecule has 1 aliphatic rings. The van der Waals surface area contributed by atoms with Crippen LogP contribution in [0.5, 0.6) is 0 Å². The first-order valence-corrected chi connectivity index (χ1v) is 13.4. The van der Waals surface area contributed by atoms with Gasteiger partial charge in [-0.25, -0.2) is 19.2 Å². The number of hydrogen-bond donors (Lipinski definition) is 2. The monoisotopic (exact) mass is 568 g/mol. The minimum absolute atomic E-state index is 0.0535. The Morgan fingerprint density at radius 2 is 2.12 bits per heavy atom. The molecule has 2 aromatic rings. The Bertz CT molecular complexity index is 1300. The van der Waals surface area contributed by atoms with Gasteiger partial charge >= 0.3 is 6.03 Å². The molecule has 220 valence electrons. The van der Waals surface area contributed by atoms with Crippen molar-refractivity contribution in [2.75, 3.05) is 62.6 Å². The van der Waals surface area contributed by atoms with Gasteiger partial charge in [0.15, 0.2) is 6.29 Å². The van der Waals surface area contributed by atoms with Gasteiger partial charge in [-0.05, 0) is 38.9 Å². The first-order chi connectivity index (χ1) is 19.6. The maximum atomic E-state index is 14.2. The molecule has 12 nitrogen and oxygen atoms in total. The molecular weight excluding hydrogens is 531 g/mol. The van der Waals surface area contributed by atoms with E-state index in [1.165, 1.54) is 17.2 Å². The number of nitriles is 1. The number of likely N-dealkylation sites (N-methyl/N-ethyl adjacent to an activating group) is 1. The Hall–Kier alpha value is -4.15. The van der Waals surface area contributed by atoms with Crippen LogP contribution in [0.2, 0.25) is 0 Å². The molecule has 0 saturated carbocycles. The Balaban J connectivity index is 1.94. The van der Waals surface area contributed by atoms with Gasteiger partial charge in [0.05, 0.1) is 30.4 Å². The molecule has 41 heavy (non-hydrogen) atoms. The Morgan fingerprint density at radius 1 is 1.37 bits per heavy atom. The van der Waals surface area contributed by atoms with E-state index in [0.717, 1.165) is 0 Å². The number of amides is 3. The largest absolute Gasteiger partial charge is 0.383 e. The fourth-order valence-electron chi connectivity index (χ4n) is 4.60. The highest BCUT2D eigenvalue weighted by atomic mass is 19.1. The van der Waals surface area contributed by atoms with E-state index in [2.05, 4.69) is 26.7 Å². The topological polar surface area (TPSA) is 144 Å². The van der Waals surface area contributed by atoms with E-state index in [9.17, 15) is 24.0 Å². The van der Waals surface area contributed by atoms with Crippen LogP contribution in [0.1, 0.15) is 47.4 Å². The predicted octanol–water partition coefficient (Wildman–Crippen LogP) is 2.98. The van der Waals surface area contributed by atoms with Gasteiger partial charge < -0.3 is 15.0 Å². The average Bonchev–Trinajstić information content (AvgIpc) is 2.94. The van der Waals surface area contributed by atoms with Crippen LogP contribution >= 0.6 is 0 Å². The van der Waals surface area contributed by atoms with Crippen LogP contribution in [0.4, 0.5) is 26.5 Å². The molecule has 1 unspecified atom stereocenters. The number of nitrogens with one attached hydrogen (secondary N) is 2. The molecule has 0 aliphatic carbocycles. The lowest BCUT2D eigenvalue weighted by Crippen LogP contribution is -2.48. The fourth-order valence-corrected chi connectivity index (χ4v) is 4.60. The highest BCUT2D eigenvalue weighted by molar-refractivity contribution is 6.02. The first kappa shape index (κ1) is 31.4. The van der Waals surface area contributed by atoms with Crippen LogP contribution in [0.3, 0.4) is 0 Å². The lowest BCUT2D eigenvalue weighted by molar-refractivity contribution is -0.136. The second kappa shape index (κ2) is 14.5. The summed E-state index contributed by atoms with van der Waals surface area (Å²) in [5.74, 6) is 0.212. The van der Waals surface area contributed by atoms with Gasteiger partial charge in [-0.3, -0.25) is 24.7 Å². The number of anilines is 3. The third kappa shape index (κ3) is 7.74. The lowest BCUT2D eigenvalue weighted by atomic mass is 10.1. The molecule has 0 aromatic carbocycles. The second-order valence-electron chi connectivity index (χ2n) is 10.1. The van der Waals surface area contributed by atoms with Crippen LogP contribution < -0.4 is 15.5 Å². The van der Waals surface area contributed by atoms with Crippen molar-refractivity contribution < 1.29 is 23.5 Å². The van der Waals surface area contributed by atoms with E-state index in [1.54, 1.807) is 31.9 Å². The van der Waals surface area contributed by atoms with Crippen LogP contribution in [0, 0.1) is 18.3 Å². The van der Waals surface area contributed by atoms with Crippen LogP contribution in [0.15, 0.2) is 18.3 Å². The molecule has 13 heteroatoms. The quantitative estimate of drug-likeness (QED) is 0.369. The fraction of sp³-hybridized carbons (Fsp3) is 0.500. The summed E-state index contributed by atoms with van der Waals surface area (Å²) in [5.41, 5.74) is 1.88. The Kier molecular flexibility index (Phi) is 11.1. The van der Waals surface area contributed by atoms with Crippen molar-refractivity contribution in [3.8, 4) is 6.07 Å². The van der Waals surface area contributed by atoms with Crippen molar-refractivity contribution >= 4 is 35.5 Å². The molecule has 1 saturated heterocycles. The zero-order valence-corrected chi connectivity index (χ0v) is 24.1. The van der Waals surface area contributed by atoms with Gasteiger partial charge in [-0.1, -0.05) is 6.92 Å². The molecule has 1 fully saturated rings. The molecule has 2 atom stereocenters. The SMILES string of the molecule is CCC(CF)N(C(=O)Nc1cc(N[C@H](C)COC)c(C#N)cn1)c1nc(C=O)c(CN2CCN(C)CC2=O)cc1C. The molecule has 3 heterocycles. The van der Waals surface area contributed by atoms with E-state index < -0.39 is 18.7 Å². The number of carbonyl (C=O) groups excluding carboxylic acids is 3. The number of rotatable bonds is 12. The summed E-state index contributed by atoms with van der Waals surface area (Å²) in [5, 5.41) is 15.3. The number of aromatic nitrogens is 2. The number of piperazine rings is 1. The number of urea groups is 1. The van der Waals surface area contributed by atoms with E-state index >= 15 is 0 Å². The number of aldehydes is 1. The molecule has 3 rings (SSSR count). The molecule has 2 aromatic heterocycles. The zero-order valence-electron chi connectivity index (χ0n) is 24.1. The van der Waals surface area contributed by atoms with E-state index in [1.807, 2.05) is 18.9 Å². The molecule has 0 radical (unpaired) electrons. The molecule has 3 amide bonds. The number of methoxy groups -OCH3 is 1. The summed E-state index contributed by atoms with van der Waals surface area (Å²) in [6.45, 7) is 6.59. The minimum Gasteiger partial charge on any atom is -0.383 e. The summed E-state index contributed by atoms with van der Waals surface area (Å²) >= 11 is 0. The molecule has 2 N–H and O–H groups in total. The van der Waals surface area contributed by atoms with Gasteiger partial charge in [0.25, 0.3) is 0 Å². The van der Waals surface area contributed by atoms with Crippen molar-refractivity contribution in [1.29, 1.82) is 5.26 Å². The number of aryl methyl sites for hydroxylation is 1. The van der Waals surface area contributed by atoms with Gasteiger partial charge in [0, 0.05) is 50.6 Å². The Labute approximate surface area is 239 Å². The number of hydrogen-bond acceptors (Lipinski definition) is 9. The summed E-state index contributed by atoms with van der Waals surface area (Å²) in [6.07, 6.45) is 2.18. The number of ether oxygens (including phenoxy) is 1. The first-order valence-electron chi connectivity index (χ1n) is 13.4. The Morgan fingerprint density at radius 3 is 2.73 bits per heavy atom. The van der Waals surface area contributed by atoms with Crippen molar-refractivity contribution in [3.05, 3.63) is 40.7 Å². The van der Waals surface area contributed by atoms with E-state index in [-0.39, 0.29) is 54.4 Å². The van der Waals surface area contributed by atoms with Crippen molar-refractivity contribution in [2.45, 2.75) is 45.8 Å². The second-order valence-corrected chi connectivity index (χ2v) is 10.1. The number of carbonyl (C=O) groups is 3. The van der Waals surface area contributed by atoms with Crippen molar-refractivity contribution in [2.24, 2.45) is 0 Å². The normalized spacial score (nSPS) is 15.1. The average molecular weight is 569 g/mol. The van der Waals surface area contributed by atoms with Crippen molar-refractivity contribution in [3.63, 3.8) is 0 Å². The third-order valence-corrected chi connectivity index (χ3v) is 6.82. The van der Waals surface area contributed by atoms with Crippen LogP contribution in [-0.2, 0) is 16.1 Å². The molecule has 0 bridgehead atoms. The van der Waals surface area contributed by atoms with Crippen LogP contribution in [-0.4, -0.2) is 97.1 Å². The van der Waals surface area contributed by atoms with Gasteiger partial charge in [0.1, 0.15) is 30.1 Å². The number of pyridine rings is 2. The number of alkyl halides is 1. The summed E-state index contributed by atoms with van der Waals surface area (Å²) in [7, 11) is 3.43. The smallest absolute Gasteiger partial charge is 0.329 e. The van der Waals surface area contributed by atoms with Gasteiger partial charge in [-0.15, -0.1) is 0 Å². The molecule has 1 aliphatic heterocycles. The minimum atomic E-state index is -0.872. The van der Waals surface area contributed by atoms with Crippen molar-refractivity contribution in [1.82, 2.24) is 19.8 Å². The van der Waals surface area contributed by atoms with Gasteiger partial charge in [-0.2, -0.15) is 5.26 Å². The third-order valence-electron chi connectivity index (χ3n) is 6.82. The maximum absolute atomic E-state index is 14.2. The maximum Gasteiger partial charge on any atom is 0.329 e. The summed E-state index contributed by atoms with van der Waals surface area (Å²) < 4.78 is 19.3. The zero-order chi connectivity index (χ0) is 30.1. The van der Waals surface area contributed by atoms with E-state index in [4.69, 9.17) is 4.74 Å². The number of halogens is 1. The number of nitrogens with zero attached hydrogens (tertiary/aromatic N) is 6. The molecule has 0 spiro atoms. The highest BCUT2D eigenvalue weighted by Crippen LogP contribution is 2.27. The summed E-state index contributed by atoms with van der Waals surface area (Å²) in [6, 6.07) is 3.59. The molecular formula is C28H37FN8O4. The summed E-state index contributed by atoms with van der Waals surface area (Å²) in [4.78, 5) is 51.6. The van der Waals surface area contributed by atoms with Gasteiger partial charge in [0.2, 0.25) is 5.91 Å². The highest BCUT2D eigenvalue weighted by Gasteiger charge is 2.29.